The van der Waals surface area contributed by atoms with Gasteiger partial charge in [0.2, 0.25) is 0 Å². The first-order valence-electron chi connectivity index (χ1n) is 0.783. The second-order valence-corrected chi connectivity index (χ2v) is 1.54. The van der Waals surface area contributed by atoms with Crippen LogP contribution in [0.15, 0.2) is 0 Å². The van der Waals surface area contributed by atoms with Gasteiger partial charge in [-0.15, -0.1) is 0 Å². The fourth-order valence-electron chi connectivity index (χ4n) is 0. The van der Waals surface area contributed by atoms with Crippen LogP contribution in [0.2, 0.25) is 0 Å². The Bertz CT molecular complexity index is 66.7. The summed E-state index contributed by atoms with van der Waals surface area (Å²) in [4.78, 5) is 21.6. The number of phosphoric acid groups is 1. The maximum Gasteiger partial charge on any atom is 1.00 e. The van der Waals surface area contributed by atoms with Crippen LogP contribution in [-0.4, -0.2) is 14.7 Å². The van der Waals surface area contributed by atoms with Gasteiger partial charge in [-0.25, -0.2) is 4.57 Å². The molecule has 0 bridgehead atoms. The molecule has 3 N–H and O–H groups in total. The first-order valence-corrected chi connectivity index (χ1v) is 2.35. The van der Waals surface area contributed by atoms with Gasteiger partial charge in [0.05, 0.1) is 0 Å². The average molecular weight is 229 g/mol. The van der Waals surface area contributed by atoms with Crippen LogP contribution in [0.25, 0.3) is 0 Å². The molecule has 0 aliphatic heterocycles. The molecule has 8 heavy (non-hydrogen) atoms. The van der Waals surface area contributed by atoms with E-state index in [-0.39, 0.29) is 65.4 Å². The molecule has 0 heterocycles. The largest absolute Gasteiger partial charge is 1.00 e. The van der Waals surface area contributed by atoms with Crippen molar-refractivity contribution < 1.29 is 84.7 Å². The molecule has 0 aromatic carbocycles. The smallest absolute Gasteiger partial charge is 1.00 e. The van der Waals surface area contributed by atoms with Crippen LogP contribution in [0, 0.1) is 0 Å². The van der Waals surface area contributed by atoms with Gasteiger partial charge in [-0.2, -0.15) is 0 Å². The van der Waals surface area contributed by atoms with Crippen molar-refractivity contribution in [3.63, 3.8) is 0 Å². The predicted molar refractivity (Wildman–Crippen MR) is 15.4 cm³/mol. The van der Waals surface area contributed by atoms with E-state index in [1.165, 1.54) is 0 Å². The van der Waals surface area contributed by atoms with Gasteiger partial charge < -0.3 is 16.1 Å². The molecular weight excluding hydrogens is 225 g/mol. The van der Waals surface area contributed by atoms with Gasteiger partial charge >= 0.3 is 37.4 Å². The van der Waals surface area contributed by atoms with Crippen molar-refractivity contribution >= 4 is 7.82 Å². The normalized spacial score (nSPS) is 7.38. The molecule has 0 spiro atoms. The van der Waals surface area contributed by atoms with Gasteiger partial charge in [0.25, 0.3) is 0 Å². The summed E-state index contributed by atoms with van der Waals surface area (Å²) in [5.41, 5.74) is 0. The van der Waals surface area contributed by atoms with E-state index in [9.17, 15) is 0 Å². The van der Waals surface area contributed by atoms with Crippen molar-refractivity contribution in [2.45, 2.75) is 0 Å². The van der Waals surface area contributed by atoms with E-state index < -0.39 is 7.82 Å². The van der Waals surface area contributed by atoms with E-state index in [1.54, 1.807) is 0 Å². The van der Waals surface area contributed by atoms with Crippen molar-refractivity contribution in [1.82, 2.24) is 0 Å². The maximum absolute atomic E-state index is 8.88. The van der Waals surface area contributed by atoms with Gasteiger partial charge in [-0.05, 0) is 0 Å². The fourth-order valence-corrected chi connectivity index (χ4v) is 0. The molecule has 0 fully saturated rings. The summed E-state index contributed by atoms with van der Waals surface area (Å²) >= 11 is 0. The quantitative estimate of drug-likeness (QED) is 0.294. The van der Waals surface area contributed by atoms with Crippen molar-refractivity contribution in [1.29, 1.82) is 0 Å². The SMILES string of the molecule is O=P(O)(O)O.[Cr].[H-].[Mn].[Na+]. The molecule has 0 atom stereocenters. The summed E-state index contributed by atoms with van der Waals surface area (Å²) in [6.45, 7) is 0. The Kier molecular flexibility index (Phi) is 25.7. The van der Waals surface area contributed by atoms with Crippen LogP contribution in [0.1, 0.15) is 1.43 Å². The van der Waals surface area contributed by atoms with Gasteiger partial charge in [0, 0.05) is 34.4 Å². The summed E-state index contributed by atoms with van der Waals surface area (Å²) < 4.78 is 8.88. The van der Waals surface area contributed by atoms with Crippen molar-refractivity contribution in [2.24, 2.45) is 0 Å². The topological polar surface area (TPSA) is 77.8 Å². The molecule has 1 radical (unpaired) electrons. The average Bonchev–Trinajstić information content (AvgIpc) is 0.722. The van der Waals surface area contributed by atoms with Gasteiger partial charge in [0.15, 0.2) is 0 Å². The molecule has 0 amide bonds. The molecule has 0 aliphatic carbocycles. The molecule has 0 aromatic heterocycles. The minimum Gasteiger partial charge on any atom is -1.00 e. The van der Waals surface area contributed by atoms with E-state index in [0.29, 0.717) is 0 Å². The molecule has 47 valence electrons. The Morgan fingerprint density at radius 1 is 1.25 bits per heavy atom. The Hall–Kier alpha value is 2.16. The monoisotopic (exact) mass is 229 g/mol. The summed E-state index contributed by atoms with van der Waals surface area (Å²) in [6, 6.07) is 0. The first-order chi connectivity index (χ1) is 2.00. The summed E-state index contributed by atoms with van der Waals surface area (Å²) in [5, 5.41) is 0. The Morgan fingerprint density at radius 2 is 1.25 bits per heavy atom. The molecular formula is H4CrMnNaO4P. The second kappa shape index (κ2) is 9.16. The van der Waals surface area contributed by atoms with Crippen LogP contribution >= 0.6 is 7.82 Å². The van der Waals surface area contributed by atoms with Crippen LogP contribution in [0.5, 0.6) is 0 Å². The molecule has 4 nitrogen and oxygen atoms in total. The zero-order chi connectivity index (χ0) is 4.50. The van der Waals surface area contributed by atoms with E-state index in [0.717, 1.165) is 0 Å². The third kappa shape index (κ3) is 89.6. The van der Waals surface area contributed by atoms with E-state index >= 15 is 0 Å². The van der Waals surface area contributed by atoms with Crippen molar-refractivity contribution in [3.8, 4) is 0 Å². The predicted octanol–water partition coefficient (Wildman–Crippen LogP) is -3.82. The fraction of sp³-hybridized carbons (Fsp3) is 0. The summed E-state index contributed by atoms with van der Waals surface area (Å²) in [5.74, 6) is 0. The Morgan fingerprint density at radius 3 is 1.25 bits per heavy atom. The van der Waals surface area contributed by atoms with Gasteiger partial charge in [-0.1, -0.05) is 0 Å². The number of hydrogen-bond donors (Lipinski definition) is 3. The summed E-state index contributed by atoms with van der Waals surface area (Å²) in [6.07, 6.45) is 0. The molecule has 0 unspecified atom stereocenters. The van der Waals surface area contributed by atoms with Crippen molar-refractivity contribution in [2.75, 3.05) is 0 Å². The van der Waals surface area contributed by atoms with E-state index in [2.05, 4.69) is 0 Å². The minimum atomic E-state index is -4.64. The zero-order valence-corrected chi connectivity index (χ0v) is 9.33. The van der Waals surface area contributed by atoms with Gasteiger partial charge in [0.1, 0.15) is 0 Å². The molecule has 8 heteroatoms. The second-order valence-electron chi connectivity index (χ2n) is 0.513. The molecule has 0 aliphatic rings. The maximum atomic E-state index is 8.88. The minimum absolute atomic E-state index is 0. The molecule has 0 saturated carbocycles. The van der Waals surface area contributed by atoms with E-state index in [1.807, 2.05) is 0 Å². The third-order valence-corrected chi connectivity index (χ3v) is 0. The van der Waals surface area contributed by atoms with Gasteiger partial charge in [-0.3, -0.25) is 0 Å². The summed E-state index contributed by atoms with van der Waals surface area (Å²) in [7, 11) is -4.64. The van der Waals surface area contributed by atoms with Crippen LogP contribution < -0.4 is 29.6 Å². The molecule has 0 rings (SSSR count). The van der Waals surface area contributed by atoms with Crippen LogP contribution in [0.4, 0.5) is 0 Å². The zero-order valence-electron chi connectivity index (χ0n) is 4.98. The Balaban J connectivity index is -0.0000000133. The van der Waals surface area contributed by atoms with Crippen molar-refractivity contribution in [3.05, 3.63) is 0 Å². The van der Waals surface area contributed by atoms with Crippen LogP contribution in [0.3, 0.4) is 0 Å². The van der Waals surface area contributed by atoms with E-state index in [4.69, 9.17) is 19.2 Å². The number of hydrogen-bond acceptors (Lipinski definition) is 1. The standard InChI is InChI=1S/Cr.Mn.Na.H3O4P.H/c;;;1-5(2,3)4;/h;;;(H3,1,2,3,4);/q;;+1;;-1. The van der Waals surface area contributed by atoms with Crippen LogP contribution in [-0.2, 0) is 39.0 Å². The third-order valence-electron chi connectivity index (χ3n) is 0. The first kappa shape index (κ1) is 22.5. The molecule has 0 saturated heterocycles. The number of rotatable bonds is 0. The Labute approximate surface area is 91.7 Å². The molecule has 0 aromatic rings.